The highest BCUT2D eigenvalue weighted by molar-refractivity contribution is 5.67. The summed E-state index contributed by atoms with van der Waals surface area (Å²) in [6.45, 7) is 2.94. The van der Waals surface area contributed by atoms with Gasteiger partial charge in [0.25, 0.3) is 0 Å². The van der Waals surface area contributed by atoms with Crippen LogP contribution in [0.5, 0.6) is 11.6 Å². The van der Waals surface area contributed by atoms with Crippen LogP contribution < -0.4 is 9.47 Å². The second-order valence-electron chi connectivity index (χ2n) is 8.13. The van der Waals surface area contributed by atoms with Crippen molar-refractivity contribution in [3.8, 4) is 22.8 Å². The third-order valence-corrected chi connectivity index (χ3v) is 5.84. The molecule has 1 aliphatic carbocycles. The Morgan fingerprint density at radius 1 is 1.10 bits per heavy atom. The number of ether oxygens (including phenoxy) is 3. The van der Waals surface area contributed by atoms with Gasteiger partial charge in [-0.3, -0.25) is 9.97 Å². The molecule has 8 nitrogen and oxygen atoms in total. The van der Waals surface area contributed by atoms with Crippen LogP contribution in [0.1, 0.15) is 29.6 Å². The van der Waals surface area contributed by atoms with Crippen molar-refractivity contribution >= 4 is 0 Å². The van der Waals surface area contributed by atoms with E-state index in [4.69, 9.17) is 14.2 Å². The van der Waals surface area contributed by atoms with Crippen molar-refractivity contribution in [1.82, 2.24) is 19.9 Å². The minimum Gasteiger partial charge on any atom is -0.495 e. The van der Waals surface area contributed by atoms with Crippen LogP contribution >= 0.6 is 0 Å². The van der Waals surface area contributed by atoms with Crippen LogP contribution in [0.15, 0.2) is 42.9 Å². The zero-order valence-electron chi connectivity index (χ0n) is 17.5. The Balaban J connectivity index is 1.28. The Morgan fingerprint density at radius 3 is 2.61 bits per heavy atom. The monoisotopic (exact) mass is 420 g/mol. The number of hydrogen-bond acceptors (Lipinski definition) is 8. The van der Waals surface area contributed by atoms with Gasteiger partial charge in [0.1, 0.15) is 11.6 Å². The number of hydrogen-bond donors (Lipinski definition) is 1. The van der Waals surface area contributed by atoms with Crippen LogP contribution in [0, 0.1) is 12.8 Å². The average molecular weight is 420 g/mol. The van der Waals surface area contributed by atoms with E-state index in [1.807, 2.05) is 31.2 Å². The van der Waals surface area contributed by atoms with Crippen LogP contribution in [0.3, 0.4) is 0 Å². The lowest BCUT2D eigenvalue weighted by Gasteiger charge is -2.35. The number of aliphatic hydroxyl groups is 1. The summed E-state index contributed by atoms with van der Waals surface area (Å²) in [7, 11) is 1.64. The minimum absolute atomic E-state index is 0.271. The molecule has 2 fully saturated rings. The van der Waals surface area contributed by atoms with E-state index < -0.39 is 5.60 Å². The van der Waals surface area contributed by atoms with Crippen molar-refractivity contribution < 1.29 is 19.3 Å². The molecule has 0 spiro atoms. The summed E-state index contributed by atoms with van der Waals surface area (Å²) in [6, 6.07) is 7.67. The molecule has 1 saturated heterocycles. The predicted octanol–water partition coefficient (Wildman–Crippen LogP) is 2.65. The summed E-state index contributed by atoms with van der Waals surface area (Å²) in [5.41, 5.74) is 2.29. The average Bonchev–Trinajstić information content (AvgIpc) is 3.56. The Labute approximate surface area is 180 Å². The van der Waals surface area contributed by atoms with Gasteiger partial charge < -0.3 is 19.3 Å². The number of rotatable bonds is 7. The first kappa shape index (κ1) is 19.8. The molecule has 2 atom stereocenters. The second-order valence-corrected chi connectivity index (χ2v) is 8.13. The first-order valence-corrected chi connectivity index (χ1v) is 10.3. The lowest BCUT2D eigenvalue weighted by molar-refractivity contribution is -0.186. The van der Waals surface area contributed by atoms with Crippen molar-refractivity contribution in [2.75, 3.05) is 26.9 Å². The van der Waals surface area contributed by atoms with E-state index in [2.05, 4.69) is 19.9 Å². The molecule has 4 heterocycles. The maximum absolute atomic E-state index is 10.4. The number of aromatic nitrogens is 4. The molecule has 3 aromatic rings. The molecule has 0 bridgehead atoms. The first-order valence-electron chi connectivity index (χ1n) is 10.3. The van der Waals surface area contributed by atoms with Crippen molar-refractivity contribution in [2.24, 2.45) is 5.92 Å². The highest BCUT2D eigenvalue weighted by Crippen LogP contribution is 2.47. The maximum Gasteiger partial charge on any atom is 0.224 e. The summed E-state index contributed by atoms with van der Waals surface area (Å²) in [5, 5.41) is 10.4. The van der Waals surface area contributed by atoms with Crippen molar-refractivity contribution in [3.05, 3.63) is 60.1 Å². The van der Waals surface area contributed by atoms with Gasteiger partial charge in [0.05, 0.1) is 44.4 Å². The summed E-state index contributed by atoms with van der Waals surface area (Å²) in [4.78, 5) is 17.7. The fourth-order valence-electron chi connectivity index (χ4n) is 3.74. The molecule has 31 heavy (non-hydrogen) atoms. The SMILES string of the molecule is COc1ccc([C@H]2C[C@@H]2COc2nc(C)ncc2-c2ccc(C3(O)COC3)nc2)nc1. The van der Waals surface area contributed by atoms with Gasteiger partial charge in [-0.05, 0) is 31.5 Å². The third kappa shape index (κ3) is 3.96. The number of methoxy groups -OCH3 is 1. The zero-order valence-corrected chi connectivity index (χ0v) is 17.5. The molecular weight excluding hydrogens is 396 g/mol. The lowest BCUT2D eigenvalue weighted by atomic mass is 9.96. The second kappa shape index (κ2) is 7.86. The van der Waals surface area contributed by atoms with E-state index in [0.717, 1.165) is 29.0 Å². The summed E-state index contributed by atoms with van der Waals surface area (Å²) in [6.07, 6.45) is 6.26. The van der Waals surface area contributed by atoms with Crippen LogP contribution in [-0.2, 0) is 10.3 Å². The quantitative estimate of drug-likeness (QED) is 0.623. The van der Waals surface area contributed by atoms with Gasteiger partial charge >= 0.3 is 0 Å². The molecule has 0 radical (unpaired) electrons. The Kier molecular flexibility index (Phi) is 5.03. The largest absolute Gasteiger partial charge is 0.495 e. The first-order chi connectivity index (χ1) is 15.1. The Morgan fingerprint density at radius 2 is 1.97 bits per heavy atom. The molecule has 1 aliphatic heterocycles. The Hall–Kier alpha value is -3.10. The molecule has 1 N–H and O–H groups in total. The molecular formula is C23H24N4O4. The molecule has 2 aliphatic rings. The third-order valence-electron chi connectivity index (χ3n) is 5.84. The van der Waals surface area contributed by atoms with Crippen molar-refractivity contribution in [2.45, 2.75) is 24.9 Å². The summed E-state index contributed by atoms with van der Waals surface area (Å²) >= 11 is 0. The Bertz CT molecular complexity index is 1070. The van der Waals surface area contributed by atoms with Gasteiger partial charge in [-0.15, -0.1) is 0 Å². The number of aryl methyl sites for hydroxylation is 1. The van der Waals surface area contributed by atoms with Crippen LogP contribution in [0.4, 0.5) is 0 Å². The summed E-state index contributed by atoms with van der Waals surface area (Å²) in [5.74, 6) is 2.74. The van der Waals surface area contributed by atoms with Crippen molar-refractivity contribution in [1.29, 1.82) is 0 Å². The zero-order chi connectivity index (χ0) is 21.4. The normalized spacial score (nSPS) is 21.3. The minimum atomic E-state index is -0.988. The van der Waals surface area contributed by atoms with Crippen LogP contribution in [-0.4, -0.2) is 52.0 Å². The van der Waals surface area contributed by atoms with E-state index in [9.17, 15) is 5.11 Å². The van der Waals surface area contributed by atoms with Crippen molar-refractivity contribution in [3.63, 3.8) is 0 Å². The van der Waals surface area contributed by atoms with Crippen LogP contribution in [0.25, 0.3) is 11.1 Å². The molecule has 0 aromatic carbocycles. The lowest BCUT2D eigenvalue weighted by Crippen LogP contribution is -2.47. The van der Waals surface area contributed by atoms with E-state index >= 15 is 0 Å². The van der Waals surface area contributed by atoms with E-state index in [0.29, 0.717) is 35.8 Å². The molecule has 0 amide bonds. The molecule has 3 aromatic heterocycles. The van der Waals surface area contributed by atoms with Gasteiger partial charge in [0.2, 0.25) is 5.88 Å². The highest BCUT2D eigenvalue weighted by Gasteiger charge is 2.40. The van der Waals surface area contributed by atoms with E-state index in [1.165, 1.54) is 0 Å². The van der Waals surface area contributed by atoms with E-state index in [-0.39, 0.29) is 13.2 Å². The fraction of sp³-hybridized carbons (Fsp3) is 0.391. The van der Waals surface area contributed by atoms with Gasteiger partial charge in [0.15, 0.2) is 5.60 Å². The fourth-order valence-corrected chi connectivity index (χ4v) is 3.74. The number of nitrogens with zero attached hydrogens (tertiary/aromatic N) is 4. The molecule has 8 heteroatoms. The molecule has 1 saturated carbocycles. The van der Waals surface area contributed by atoms with Gasteiger partial charge in [0, 0.05) is 35.5 Å². The molecule has 5 rings (SSSR count). The smallest absolute Gasteiger partial charge is 0.224 e. The van der Waals surface area contributed by atoms with Gasteiger partial charge in [-0.2, -0.15) is 4.98 Å². The topological polar surface area (TPSA) is 99.5 Å². The van der Waals surface area contributed by atoms with E-state index in [1.54, 1.807) is 25.7 Å². The molecule has 160 valence electrons. The standard InChI is InChI=1S/C23H24N4O4/c1-14-24-10-19(15-3-6-21(26-8-15)23(28)12-30-13-23)22(27-14)31-11-16-7-18(16)20-5-4-17(29-2)9-25-20/h3-6,8-10,16,18,28H,7,11-13H2,1-2H3/t16-,18+/m1/s1. The van der Waals surface area contributed by atoms with Gasteiger partial charge in [-0.1, -0.05) is 6.07 Å². The highest BCUT2D eigenvalue weighted by atomic mass is 16.5. The molecule has 0 unspecified atom stereocenters. The predicted molar refractivity (Wildman–Crippen MR) is 112 cm³/mol. The van der Waals surface area contributed by atoms with Crippen LogP contribution in [0.2, 0.25) is 0 Å². The summed E-state index contributed by atoms with van der Waals surface area (Å²) < 4.78 is 16.4. The maximum atomic E-state index is 10.4. The van der Waals surface area contributed by atoms with Gasteiger partial charge in [-0.25, -0.2) is 4.98 Å². The number of pyridine rings is 2.